The largest absolute Gasteiger partial charge is 0.353 e. The first kappa shape index (κ1) is 20.9. The molecule has 2 aromatic heterocycles. The molecule has 0 amide bonds. The second kappa shape index (κ2) is 9.61. The van der Waals surface area contributed by atoms with Crippen LogP contribution in [0.5, 0.6) is 0 Å². The molecule has 5 nitrogen and oxygen atoms in total. The van der Waals surface area contributed by atoms with E-state index in [4.69, 9.17) is 0 Å². The highest BCUT2D eigenvalue weighted by Gasteiger charge is 2.23. The van der Waals surface area contributed by atoms with Gasteiger partial charge in [-0.1, -0.05) is 36.2 Å². The van der Waals surface area contributed by atoms with Gasteiger partial charge in [0.15, 0.2) is 0 Å². The van der Waals surface area contributed by atoms with Gasteiger partial charge in [-0.3, -0.25) is 0 Å². The highest BCUT2D eigenvalue weighted by Crippen LogP contribution is 2.36. The van der Waals surface area contributed by atoms with Crippen LogP contribution < -0.4 is 10.2 Å². The number of anilines is 1. The van der Waals surface area contributed by atoms with Crippen LogP contribution in [0.25, 0.3) is 22.2 Å². The number of piperidine rings is 2. The van der Waals surface area contributed by atoms with Gasteiger partial charge in [-0.15, -0.1) is 0 Å². The maximum atomic E-state index is 4.66. The fourth-order valence-corrected chi connectivity index (χ4v) is 4.64. The molecule has 0 aliphatic carbocycles. The van der Waals surface area contributed by atoms with Crippen molar-refractivity contribution < 1.29 is 0 Å². The average Bonchev–Trinajstić information content (AvgIpc) is 3.20. The van der Waals surface area contributed by atoms with Gasteiger partial charge in [0.1, 0.15) is 17.8 Å². The lowest BCUT2D eigenvalue weighted by atomic mass is 10.0. The molecule has 2 atom stereocenters. The van der Waals surface area contributed by atoms with Crippen LogP contribution in [0.3, 0.4) is 0 Å². The molecule has 1 aromatic carbocycles. The van der Waals surface area contributed by atoms with Crippen LogP contribution >= 0.6 is 0 Å². The zero-order valence-corrected chi connectivity index (χ0v) is 18.6. The third kappa shape index (κ3) is 4.67. The summed E-state index contributed by atoms with van der Waals surface area (Å²) in [4.78, 5) is 14.9. The summed E-state index contributed by atoms with van der Waals surface area (Å²) in [5, 5.41) is 4.53. The predicted molar refractivity (Wildman–Crippen MR) is 126 cm³/mol. The SMILES string of the molecule is CC1CCCCN1.Cc1cccc(-c2c[nH]c3ncnc(N4CCCCC4C)c23)c1. The van der Waals surface area contributed by atoms with Crippen molar-refractivity contribution in [1.82, 2.24) is 20.3 Å². The Hall–Kier alpha value is -2.40. The molecule has 2 N–H and O–H groups in total. The summed E-state index contributed by atoms with van der Waals surface area (Å²) in [7, 11) is 0. The van der Waals surface area contributed by atoms with Crippen molar-refractivity contribution in [3.8, 4) is 11.1 Å². The molecule has 2 aliphatic rings. The maximum Gasteiger partial charge on any atom is 0.143 e. The summed E-state index contributed by atoms with van der Waals surface area (Å²) in [5.74, 6) is 1.07. The summed E-state index contributed by atoms with van der Waals surface area (Å²) >= 11 is 0. The fraction of sp³-hybridized carbons (Fsp3) is 0.520. The Morgan fingerprint density at radius 2 is 1.90 bits per heavy atom. The van der Waals surface area contributed by atoms with E-state index in [0.717, 1.165) is 29.4 Å². The van der Waals surface area contributed by atoms with Crippen molar-refractivity contribution >= 4 is 16.9 Å². The molecule has 2 aliphatic heterocycles. The van der Waals surface area contributed by atoms with E-state index in [0.29, 0.717) is 6.04 Å². The van der Waals surface area contributed by atoms with E-state index in [2.05, 4.69) is 76.4 Å². The van der Waals surface area contributed by atoms with Gasteiger partial charge in [-0.25, -0.2) is 9.97 Å². The molecular weight excluding hydrogens is 370 g/mol. The molecule has 5 heteroatoms. The van der Waals surface area contributed by atoms with Gasteiger partial charge in [-0.05, 0) is 65.0 Å². The molecule has 2 fully saturated rings. The van der Waals surface area contributed by atoms with E-state index >= 15 is 0 Å². The Balaban J connectivity index is 0.000000265. The van der Waals surface area contributed by atoms with Crippen LogP contribution in [0.2, 0.25) is 0 Å². The molecule has 0 spiro atoms. The topological polar surface area (TPSA) is 56.8 Å². The van der Waals surface area contributed by atoms with Crippen molar-refractivity contribution in [1.29, 1.82) is 0 Å². The van der Waals surface area contributed by atoms with E-state index in [1.54, 1.807) is 6.33 Å². The maximum absolute atomic E-state index is 4.66. The number of benzene rings is 1. The first-order valence-electron chi connectivity index (χ1n) is 11.5. The molecule has 4 heterocycles. The summed E-state index contributed by atoms with van der Waals surface area (Å²) < 4.78 is 0. The van der Waals surface area contributed by atoms with E-state index in [9.17, 15) is 0 Å². The molecule has 0 saturated carbocycles. The lowest BCUT2D eigenvalue weighted by Crippen LogP contribution is -2.38. The Morgan fingerprint density at radius 3 is 2.60 bits per heavy atom. The molecule has 0 bridgehead atoms. The number of aryl methyl sites for hydroxylation is 1. The quantitative estimate of drug-likeness (QED) is 0.594. The van der Waals surface area contributed by atoms with Crippen molar-refractivity contribution in [3.63, 3.8) is 0 Å². The molecular formula is C25H35N5. The fourth-order valence-electron chi connectivity index (χ4n) is 4.64. The third-order valence-corrected chi connectivity index (χ3v) is 6.41. The lowest BCUT2D eigenvalue weighted by Gasteiger charge is -2.34. The van der Waals surface area contributed by atoms with Gasteiger partial charge in [0.25, 0.3) is 0 Å². The highest BCUT2D eigenvalue weighted by atomic mass is 15.2. The third-order valence-electron chi connectivity index (χ3n) is 6.41. The van der Waals surface area contributed by atoms with Crippen molar-refractivity contribution in [2.45, 2.75) is 71.4 Å². The molecule has 160 valence electrons. The van der Waals surface area contributed by atoms with Crippen LogP contribution in [0.15, 0.2) is 36.8 Å². The van der Waals surface area contributed by atoms with E-state index in [1.165, 1.54) is 61.8 Å². The average molecular weight is 406 g/mol. The number of fused-ring (bicyclic) bond motifs is 1. The zero-order chi connectivity index (χ0) is 20.9. The standard InChI is InChI=1S/C19H22N4.C6H13N/c1-13-6-5-8-15(10-13)16-11-20-18-17(16)19(22-12-21-18)23-9-4-3-7-14(23)2;1-6-4-2-3-5-7-6/h5-6,8,10-12,14H,3-4,7,9H2,1-2H3,(H,20,21,22);6-7H,2-5H2,1H3. The Labute approximate surface area is 180 Å². The second-order valence-corrected chi connectivity index (χ2v) is 8.88. The number of aromatic amines is 1. The first-order valence-corrected chi connectivity index (χ1v) is 11.5. The van der Waals surface area contributed by atoms with Crippen molar-refractivity contribution in [2.75, 3.05) is 18.0 Å². The minimum Gasteiger partial charge on any atom is -0.353 e. The summed E-state index contributed by atoms with van der Waals surface area (Å²) in [6.07, 6.45) is 11.7. The van der Waals surface area contributed by atoms with Crippen LogP contribution in [0.4, 0.5) is 5.82 Å². The van der Waals surface area contributed by atoms with Gasteiger partial charge in [-0.2, -0.15) is 0 Å². The first-order chi connectivity index (χ1) is 14.6. The molecule has 30 heavy (non-hydrogen) atoms. The van der Waals surface area contributed by atoms with Gasteiger partial charge in [0.05, 0.1) is 5.39 Å². The highest BCUT2D eigenvalue weighted by molar-refractivity contribution is 6.01. The number of nitrogens with zero attached hydrogens (tertiary/aromatic N) is 3. The molecule has 3 aromatic rings. The number of nitrogens with one attached hydrogen (secondary N) is 2. The predicted octanol–water partition coefficient (Wildman–Crippen LogP) is 5.46. The zero-order valence-electron chi connectivity index (χ0n) is 18.6. The summed E-state index contributed by atoms with van der Waals surface area (Å²) in [5.41, 5.74) is 4.60. The van der Waals surface area contributed by atoms with E-state index in [-0.39, 0.29) is 0 Å². The van der Waals surface area contributed by atoms with Gasteiger partial charge >= 0.3 is 0 Å². The van der Waals surface area contributed by atoms with Crippen LogP contribution in [-0.4, -0.2) is 40.1 Å². The van der Waals surface area contributed by atoms with E-state index in [1.807, 2.05) is 0 Å². The van der Waals surface area contributed by atoms with Crippen molar-refractivity contribution in [3.05, 3.63) is 42.4 Å². The Bertz CT molecular complexity index is 957. The molecule has 2 saturated heterocycles. The molecule has 2 unspecified atom stereocenters. The van der Waals surface area contributed by atoms with Crippen LogP contribution in [0.1, 0.15) is 57.9 Å². The van der Waals surface area contributed by atoms with E-state index < -0.39 is 0 Å². The number of H-pyrrole nitrogens is 1. The number of rotatable bonds is 2. The van der Waals surface area contributed by atoms with Crippen LogP contribution in [-0.2, 0) is 0 Å². The summed E-state index contributed by atoms with van der Waals surface area (Å²) in [6.45, 7) is 8.99. The second-order valence-electron chi connectivity index (χ2n) is 8.88. The number of hydrogen-bond acceptors (Lipinski definition) is 4. The number of hydrogen-bond donors (Lipinski definition) is 2. The van der Waals surface area contributed by atoms with Crippen molar-refractivity contribution in [2.24, 2.45) is 0 Å². The minimum absolute atomic E-state index is 0.530. The molecule has 0 radical (unpaired) electrons. The number of aromatic nitrogens is 3. The van der Waals surface area contributed by atoms with Gasteiger partial charge < -0.3 is 15.2 Å². The van der Waals surface area contributed by atoms with Gasteiger partial charge in [0, 0.05) is 30.4 Å². The summed E-state index contributed by atoms with van der Waals surface area (Å²) in [6, 6.07) is 9.93. The molecule has 5 rings (SSSR count). The smallest absolute Gasteiger partial charge is 0.143 e. The monoisotopic (exact) mass is 405 g/mol. The minimum atomic E-state index is 0.530. The lowest BCUT2D eigenvalue weighted by molar-refractivity contribution is 0.425. The Morgan fingerprint density at radius 1 is 1.03 bits per heavy atom. The van der Waals surface area contributed by atoms with Crippen LogP contribution in [0, 0.1) is 6.92 Å². The van der Waals surface area contributed by atoms with Gasteiger partial charge in [0.2, 0.25) is 0 Å². The normalized spacial score (nSPS) is 21.9. The Kier molecular flexibility index (Phi) is 6.68.